The molecule has 1 aliphatic heterocycles. The number of carbonyl (C=O) groups is 1. The molecule has 0 radical (unpaired) electrons. The van der Waals surface area contributed by atoms with Crippen LogP contribution in [0.15, 0.2) is 36.7 Å². The van der Waals surface area contributed by atoms with Crippen LogP contribution >= 0.6 is 11.8 Å². The van der Waals surface area contributed by atoms with E-state index in [9.17, 15) is 22.4 Å². The lowest BCUT2D eigenvalue weighted by Gasteiger charge is -2.27. The number of pyridine rings is 1. The van der Waals surface area contributed by atoms with Gasteiger partial charge < -0.3 is 4.90 Å². The Morgan fingerprint density at radius 1 is 1.30 bits per heavy atom. The normalized spacial score (nSPS) is 17.8. The summed E-state index contributed by atoms with van der Waals surface area (Å²) in [5.74, 6) is -0.765. The first kappa shape index (κ1) is 19.7. The number of nitrogens with zero attached hydrogens (tertiary/aromatic N) is 2. The molecule has 0 aliphatic carbocycles. The highest BCUT2D eigenvalue weighted by molar-refractivity contribution is 8.00. The minimum Gasteiger partial charge on any atom is -0.325 e. The van der Waals surface area contributed by atoms with Crippen LogP contribution in [0.3, 0.4) is 0 Å². The second-order valence-corrected chi connectivity index (χ2v) is 7.83. The number of aromatic nitrogens is 1. The zero-order valence-electron chi connectivity index (χ0n) is 14.8. The van der Waals surface area contributed by atoms with Crippen molar-refractivity contribution in [3.63, 3.8) is 0 Å². The van der Waals surface area contributed by atoms with Crippen LogP contribution < -0.4 is 0 Å². The predicted octanol–water partition coefficient (Wildman–Crippen LogP) is 5.14. The van der Waals surface area contributed by atoms with Crippen LogP contribution in [0.5, 0.6) is 0 Å². The summed E-state index contributed by atoms with van der Waals surface area (Å²) in [5, 5.41) is -0.331. The van der Waals surface area contributed by atoms with Gasteiger partial charge in [0, 0.05) is 24.5 Å². The molecule has 1 atom stereocenters. The largest absolute Gasteiger partial charge is 0.419 e. The van der Waals surface area contributed by atoms with Crippen LogP contribution in [-0.2, 0) is 11.0 Å². The number of carbonyl (C=O) groups excluding carboxylic acids is 1. The number of hydrogen-bond acceptors (Lipinski definition) is 3. The third-order valence-electron chi connectivity index (χ3n) is 4.23. The number of halogens is 4. The number of thioether (sulfide) groups is 1. The van der Waals surface area contributed by atoms with E-state index in [0.717, 1.165) is 12.1 Å². The minimum absolute atomic E-state index is 0.0106. The number of benzene rings is 1. The van der Waals surface area contributed by atoms with Gasteiger partial charge in [0.15, 0.2) is 0 Å². The Morgan fingerprint density at radius 3 is 2.70 bits per heavy atom. The van der Waals surface area contributed by atoms with Gasteiger partial charge in [-0.1, -0.05) is 19.9 Å². The molecule has 1 aromatic heterocycles. The summed E-state index contributed by atoms with van der Waals surface area (Å²) in [6.45, 7) is 4.53. The second kappa shape index (κ2) is 7.50. The molecule has 144 valence electrons. The number of hydrogen-bond donors (Lipinski definition) is 0. The Kier molecular flexibility index (Phi) is 5.46. The fourth-order valence-corrected chi connectivity index (χ4v) is 4.30. The third kappa shape index (κ3) is 4.10. The highest BCUT2D eigenvalue weighted by atomic mass is 32.2. The monoisotopic (exact) mass is 398 g/mol. The molecule has 2 heterocycles. The van der Waals surface area contributed by atoms with Gasteiger partial charge in [-0.25, -0.2) is 4.39 Å². The summed E-state index contributed by atoms with van der Waals surface area (Å²) in [7, 11) is 0. The predicted molar refractivity (Wildman–Crippen MR) is 96.4 cm³/mol. The molecule has 3 nitrogen and oxygen atoms in total. The zero-order valence-corrected chi connectivity index (χ0v) is 15.6. The molecule has 1 saturated heterocycles. The van der Waals surface area contributed by atoms with Crippen LogP contribution in [0.2, 0.25) is 0 Å². The maximum absolute atomic E-state index is 13.7. The molecule has 8 heteroatoms. The van der Waals surface area contributed by atoms with Crippen molar-refractivity contribution in [2.24, 2.45) is 5.92 Å². The van der Waals surface area contributed by atoms with E-state index in [2.05, 4.69) is 4.98 Å². The van der Waals surface area contributed by atoms with Crippen molar-refractivity contribution >= 4 is 17.7 Å². The van der Waals surface area contributed by atoms with Crippen molar-refractivity contribution in [2.45, 2.75) is 25.4 Å². The molecule has 1 amide bonds. The molecular weight excluding hydrogens is 380 g/mol. The molecule has 27 heavy (non-hydrogen) atoms. The van der Waals surface area contributed by atoms with Crippen LogP contribution in [0.4, 0.5) is 17.6 Å². The fourth-order valence-electron chi connectivity index (χ4n) is 3.08. The van der Waals surface area contributed by atoms with E-state index in [-0.39, 0.29) is 22.8 Å². The van der Waals surface area contributed by atoms with E-state index in [0.29, 0.717) is 23.4 Å². The molecule has 1 aliphatic rings. The maximum atomic E-state index is 13.7. The first-order valence-electron chi connectivity index (χ1n) is 8.40. The van der Waals surface area contributed by atoms with E-state index in [1.807, 2.05) is 13.8 Å². The van der Waals surface area contributed by atoms with Crippen molar-refractivity contribution in [3.8, 4) is 11.1 Å². The smallest absolute Gasteiger partial charge is 0.325 e. The van der Waals surface area contributed by atoms with Crippen molar-refractivity contribution in [3.05, 3.63) is 53.6 Å². The SMILES string of the molecule is CC(C)CN1C(=O)CSC1c1cnccc1-c1ccc(F)c(C(F)(F)F)c1. The topological polar surface area (TPSA) is 33.2 Å². The Morgan fingerprint density at radius 2 is 2.04 bits per heavy atom. The van der Waals surface area contributed by atoms with Crippen molar-refractivity contribution in [2.75, 3.05) is 12.3 Å². The van der Waals surface area contributed by atoms with Gasteiger partial charge in [0.1, 0.15) is 11.2 Å². The first-order chi connectivity index (χ1) is 12.7. The second-order valence-electron chi connectivity index (χ2n) is 6.76. The summed E-state index contributed by atoms with van der Waals surface area (Å²) in [6, 6.07) is 4.54. The summed E-state index contributed by atoms with van der Waals surface area (Å²) >= 11 is 1.42. The lowest BCUT2D eigenvalue weighted by Crippen LogP contribution is -2.32. The number of alkyl halides is 3. The van der Waals surface area contributed by atoms with Gasteiger partial charge in [-0.2, -0.15) is 13.2 Å². The molecule has 0 N–H and O–H groups in total. The lowest BCUT2D eigenvalue weighted by atomic mass is 9.98. The third-order valence-corrected chi connectivity index (χ3v) is 5.47. The zero-order chi connectivity index (χ0) is 19.8. The van der Waals surface area contributed by atoms with Crippen LogP contribution in [0.1, 0.15) is 30.3 Å². The van der Waals surface area contributed by atoms with E-state index >= 15 is 0 Å². The average Bonchev–Trinajstić information content (AvgIpc) is 2.94. The van der Waals surface area contributed by atoms with Crippen molar-refractivity contribution < 1.29 is 22.4 Å². The molecule has 1 fully saturated rings. The van der Waals surface area contributed by atoms with E-state index in [1.54, 1.807) is 17.2 Å². The van der Waals surface area contributed by atoms with Crippen LogP contribution in [-0.4, -0.2) is 28.1 Å². The highest BCUT2D eigenvalue weighted by Crippen LogP contribution is 2.43. The standard InChI is InChI=1S/C19H18F4N2OS/c1-11(2)9-25-17(26)10-27-18(25)14-8-24-6-5-13(14)12-3-4-16(20)15(7-12)19(21,22)23/h3-8,11,18H,9-10H2,1-2H3. The quantitative estimate of drug-likeness (QED) is 0.669. The Hall–Kier alpha value is -2.09. The minimum atomic E-state index is -4.78. The van der Waals surface area contributed by atoms with Gasteiger partial charge in [0.05, 0.1) is 11.3 Å². The van der Waals surface area contributed by atoms with E-state index in [1.165, 1.54) is 24.0 Å². The molecule has 3 rings (SSSR count). The van der Waals surface area contributed by atoms with E-state index in [4.69, 9.17) is 0 Å². The van der Waals surface area contributed by atoms with Gasteiger partial charge in [0.2, 0.25) is 5.91 Å². The van der Waals surface area contributed by atoms with Crippen molar-refractivity contribution in [1.82, 2.24) is 9.88 Å². The average molecular weight is 398 g/mol. The van der Waals surface area contributed by atoms with Gasteiger partial charge in [-0.05, 0) is 35.2 Å². The molecular formula is C19H18F4N2OS. The Balaban J connectivity index is 2.06. The maximum Gasteiger partial charge on any atom is 0.419 e. The molecule has 1 aromatic carbocycles. The molecule has 0 saturated carbocycles. The van der Waals surface area contributed by atoms with E-state index < -0.39 is 17.6 Å². The molecule has 2 aromatic rings. The van der Waals surface area contributed by atoms with Crippen LogP contribution in [0.25, 0.3) is 11.1 Å². The Labute approximate surface area is 158 Å². The molecule has 0 spiro atoms. The summed E-state index contributed by atoms with van der Waals surface area (Å²) in [5.41, 5.74) is 0.0905. The number of amides is 1. The lowest BCUT2D eigenvalue weighted by molar-refractivity contribution is -0.140. The first-order valence-corrected chi connectivity index (χ1v) is 9.45. The van der Waals surface area contributed by atoms with Gasteiger partial charge in [-0.15, -0.1) is 11.8 Å². The highest BCUT2D eigenvalue weighted by Gasteiger charge is 2.36. The Bertz CT molecular complexity index is 854. The number of rotatable bonds is 4. The van der Waals surface area contributed by atoms with Gasteiger partial charge in [-0.3, -0.25) is 9.78 Å². The van der Waals surface area contributed by atoms with Crippen molar-refractivity contribution in [1.29, 1.82) is 0 Å². The summed E-state index contributed by atoms with van der Waals surface area (Å²) in [4.78, 5) is 18.1. The molecule has 1 unspecified atom stereocenters. The summed E-state index contributed by atoms with van der Waals surface area (Å²) < 4.78 is 52.9. The fraction of sp³-hybridized carbons (Fsp3) is 0.368. The van der Waals surface area contributed by atoms with Crippen LogP contribution in [0, 0.1) is 11.7 Å². The van der Waals surface area contributed by atoms with Gasteiger partial charge in [0.25, 0.3) is 0 Å². The molecule has 0 bridgehead atoms. The van der Waals surface area contributed by atoms with Gasteiger partial charge >= 0.3 is 6.18 Å². The summed E-state index contributed by atoms with van der Waals surface area (Å²) in [6.07, 6.45) is -1.74.